The van der Waals surface area contributed by atoms with Crippen LogP contribution in [-0.2, 0) is 10.5 Å². The van der Waals surface area contributed by atoms with Crippen molar-refractivity contribution in [1.82, 2.24) is 0 Å². The smallest absolute Gasteiger partial charge is 0.234 e. The van der Waals surface area contributed by atoms with Crippen LogP contribution in [0.1, 0.15) is 5.56 Å². The van der Waals surface area contributed by atoms with Gasteiger partial charge in [-0.3, -0.25) is 4.79 Å². The van der Waals surface area contributed by atoms with E-state index in [1.165, 1.54) is 17.8 Å². The van der Waals surface area contributed by atoms with E-state index in [-0.39, 0.29) is 17.5 Å². The van der Waals surface area contributed by atoms with Crippen LogP contribution in [0.15, 0.2) is 66.7 Å². The number of amides is 1. The minimum atomic E-state index is -0.381. The molecule has 0 radical (unpaired) electrons. The van der Waals surface area contributed by atoms with E-state index < -0.39 is 0 Å². The highest BCUT2D eigenvalue weighted by molar-refractivity contribution is 7.99. The van der Waals surface area contributed by atoms with E-state index >= 15 is 0 Å². The lowest BCUT2D eigenvalue weighted by Crippen LogP contribution is -2.15. The van der Waals surface area contributed by atoms with E-state index in [1.807, 2.05) is 30.3 Å². The topological polar surface area (TPSA) is 38.3 Å². The Hall–Kier alpha value is -2.21. The quantitative estimate of drug-likeness (QED) is 0.443. The molecule has 0 aromatic heterocycles. The van der Waals surface area contributed by atoms with Crippen molar-refractivity contribution in [2.45, 2.75) is 5.75 Å². The molecule has 0 aliphatic rings. The van der Waals surface area contributed by atoms with Crippen molar-refractivity contribution in [1.29, 1.82) is 0 Å². The first-order valence-electron chi connectivity index (χ1n) is 8.36. The lowest BCUT2D eigenvalue weighted by atomic mass is 10.2. The molecule has 0 atom stereocenters. The third-order valence-corrected chi connectivity index (χ3v) is 5.28. The number of rotatable bonds is 7. The Morgan fingerprint density at radius 2 is 1.82 bits per heavy atom. The summed E-state index contributed by atoms with van der Waals surface area (Å²) in [6, 6.07) is 18.7. The predicted molar refractivity (Wildman–Crippen MR) is 114 cm³/mol. The molecule has 28 heavy (non-hydrogen) atoms. The summed E-state index contributed by atoms with van der Waals surface area (Å²) in [5, 5.41) is 3.61. The molecule has 144 valence electrons. The summed E-state index contributed by atoms with van der Waals surface area (Å²) in [5.41, 5.74) is 0.851. The second-order valence-corrected chi connectivity index (χ2v) is 7.63. The van der Waals surface area contributed by atoms with Crippen LogP contribution in [0.4, 0.5) is 10.1 Å². The fourth-order valence-corrected chi connectivity index (χ4v) is 3.74. The predicted octanol–water partition coefficient (Wildman–Crippen LogP) is 6.80. The van der Waals surface area contributed by atoms with E-state index in [0.717, 1.165) is 0 Å². The number of carbonyl (C=O) groups is 1. The molecule has 3 aromatic carbocycles. The molecule has 0 unspecified atom stereocenters. The lowest BCUT2D eigenvalue weighted by molar-refractivity contribution is -0.113. The van der Waals surface area contributed by atoms with Gasteiger partial charge in [0.2, 0.25) is 5.91 Å². The zero-order valence-electron chi connectivity index (χ0n) is 14.6. The van der Waals surface area contributed by atoms with Crippen molar-refractivity contribution in [3.63, 3.8) is 0 Å². The van der Waals surface area contributed by atoms with Gasteiger partial charge in [0.1, 0.15) is 11.6 Å². The number of thioether (sulfide) groups is 1. The molecule has 7 heteroatoms. The van der Waals surface area contributed by atoms with Crippen molar-refractivity contribution >= 4 is 46.6 Å². The minimum absolute atomic E-state index is 0.127. The second-order valence-electron chi connectivity index (χ2n) is 5.80. The number of para-hydroxylation sites is 1. The van der Waals surface area contributed by atoms with E-state index in [4.69, 9.17) is 27.9 Å². The molecule has 0 aliphatic carbocycles. The molecule has 1 amide bonds. The summed E-state index contributed by atoms with van der Waals surface area (Å²) in [7, 11) is 0. The monoisotopic (exact) mass is 435 g/mol. The Balaban J connectivity index is 1.62. The van der Waals surface area contributed by atoms with Gasteiger partial charge in [-0.25, -0.2) is 4.39 Å². The number of nitrogens with one attached hydrogen (secondary N) is 1. The van der Waals surface area contributed by atoms with Crippen molar-refractivity contribution < 1.29 is 13.9 Å². The molecule has 1 N–H and O–H groups in total. The van der Waals surface area contributed by atoms with Gasteiger partial charge in [0.05, 0.1) is 11.4 Å². The largest absolute Gasteiger partial charge is 0.455 e. The van der Waals surface area contributed by atoms with E-state index in [2.05, 4.69) is 5.32 Å². The van der Waals surface area contributed by atoms with Crippen LogP contribution in [0.5, 0.6) is 11.5 Å². The highest BCUT2D eigenvalue weighted by Gasteiger charge is 2.12. The zero-order chi connectivity index (χ0) is 19.9. The summed E-state index contributed by atoms with van der Waals surface area (Å²) in [6.45, 7) is 0. The third kappa shape index (κ3) is 5.64. The Morgan fingerprint density at radius 1 is 1.04 bits per heavy atom. The molecule has 3 nitrogen and oxygen atoms in total. The highest BCUT2D eigenvalue weighted by Crippen LogP contribution is 2.32. The van der Waals surface area contributed by atoms with Crippen molar-refractivity contribution in [3.05, 3.63) is 88.2 Å². The molecule has 0 fully saturated rings. The SMILES string of the molecule is O=C(CSCc1c(F)cccc1Cl)Nc1cc(Cl)ccc1Oc1ccccc1. The molecule has 0 bridgehead atoms. The number of hydrogen-bond donors (Lipinski definition) is 1. The van der Waals surface area contributed by atoms with Crippen LogP contribution in [-0.4, -0.2) is 11.7 Å². The second kappa shape index (κ2) is 9.82. The maximum Gasteiger partial charge on any atom is 0.234 e. The number of anilines is 1. The average molecular weight is 436 g/mol. The number of halogens is 3. The van der Waals surface area contributed by atoms with Crippen molar-refractivity contribution in [3.8, 4) is 11.5 Å². The van der Waals surface area contributed by atoms with Crippen LogP contribution in [0, 0.1) is 5.82 Å². The summed E-state index contributed by atoms with van der Waals surface area (Å²) in [5.74, 6) is 0.908. The van der Waals surface area contributed by atoms with Gasteiger partial charge in [-0.05, 0) is 42.5 Å². The van der Waals surface area contributed by atoms with Gasteiger partial charge >= 0.3 is 0 Å². The highest BCUT2D eigenvalue weighted by atomic mass is 35.5. The fraction of sp³-hybridized carbons (Fsp3) is 0.0952. The molecule has 0 saturated heterocycles. The normalized spacial score (nSPS) is 10.5. The fourth-order valence-electron chi connectivity index (χ4n) is 2.41. The van der Waals surface area contributed by atoms with Gasteiger partial charge in [0.15, 0.2) is 5.75 Å². The third-order valence-electron chi connectivity index (χ3n) is 3.73. The molecule has 3 rings (SSSR count). The summed E-state index contributed by atoms with van der Waals surface area (Å²) in [4.78, 5) is 12.3. The van der Waals surface area contributed by atoms with Crippen molar-refractivity contribution in [2.24, 2.45) is 0 Å². The Labute approximate surface area is 176 Å². The zero-order valence-corrected chi connectivity index (χ0v) is 17.0. The van der Waals surface area contributed by atoms with Crippen LogP contribution >= 0.6 is 35.0 Å². The standard InChI is InChI=1S/C21H16Cl2FNO2S/c22-14-9-10-20(27-15-5-2-1-3-6-15)19(11-14)25-21(26)13-28-12-16-17(23)7-4-8-18(16)24/h1-11H,12-13H2,(H,25,26). The van der Waals surface area contributed by atoms with Gasteiger partial charge in [-0.15, -0.1) is 11.8 Å². The average Bonchev–Trinajstić information content (AvgIpc) is 2.67. The number of hydrogen-bond acceptors (Lipinski definition) is 3. The van der Waals surface area contributed by atoms with Crippen LogP contribution < -0.4 is 10.1 Å². The van der Waals surface area contributed by atoms with Crippen LogP contribution in [0.3, 0.4) is 0 Å². The van der Waals surface area contributed by atoms with Gasteiger partial charge in [0, 0.05) is 21.4 Å². The number of benzene rings is 3. The first-order chi connectivity index (χ1) is 13.5. The number of ether oxygens (including phenoxy) is 1. The van der Waals surface area contributed by atoms with Crippen molar-refractivity contribution in [2.75, 3.05) is 11.1 Å². The summed E-state index contributed by atoms with van der Waals surface area (Å²) >= 11 is 13.3. The maximum absolute atomic E-state index is 13.8. The summed E-state index contributed by atoms with van der Waals surface area (Å²) in [6.07, 6.45) is 0. The first kappa shape index (κ1) is 20.5. The Kier molecular flexibility index (Phi) is 7.20. The molecule has 0 spiro atoms. The lowest BCUT2D eigenvalue weighted by Gasteiger charge is -2.13. The Morgan fingerprint density at radius 3 is 2.57 bits per heavy atom. The molecule has 0 saturated carbocycles. The van der Waals surface area contributed by atoms with Gasteiger partial charge in [0.25, 0.3) is 0 Å². The van der Waals surface area contributed by atoms with E-state index in [9.17, 15) is 9.18 Å². The maximum atomic E-state index is 13.8. The van der Waals surface area contributed by atoms with E-state index in [0.29, 0.717) is 38.5 Å². The van der Waals surface area contributed by atoms with Crippen LogP contribution in [0.25, 0.3) is 0 Å². The van der Waals surface area contributed by atoms with Gasteiger partial charge < -0.3 is 10.1 Å². The molecule has 0 aliphatic heterocycles. The molecular formula is C21H16Cl2FNO2S. The molecular weight excluding hydrogens is 420 g/mol. The first-order valence-corrected chi connectivity index (χ1v) is 10.3. The van der Waals surface area contributed by atoms with Crippen LogP contribution in [0.2, 0.25) is 10.0 Å². The molecule has 3 aromatic rings. The Bertz CT molecular complexity index is 950. The molecule has 0 heterocycles. The van der Waals surface area contributed by atoms with Gasteiger partial charge in [-0.2, -0.15) is 0 Å². The van der Waals surface area contributed by atoms with E-state index in [1.54, 1.807) is 30.3 Å². The number of carbonyl (C=O) groups excluding carboxylic acids is 1. The van der Waals surface area contributed by atoms with Gasteiger partial charge in [-0.1, -0.05) is 47.5 Å². The minimum Gasteiger partial charge on any atom is -0.455 e. The summed E-state index contributed by atoms with van der Waals surface area (Å²) < 4.78 is 19.6.